The van der Waals surface area contributed by atoms with E-state index in [0.29, 0.717) is 0 Å². The Morgan fingerprint density at radius 3 is 2.57 bits per heavy atom. The summed E-state index contributed by atoms with van der Waals surface area (Å²) >= 11 is 1.70. The minimum absolute atomic E-state index is 0.0317. The summed E-state index contributed by atoms with van der Waals surface area (Å²) in [6.45, 7) is 6.16. The Hall–Kier alpha value is -2.27. The molecule has 1 saturated heterocycles. The van der Waals surface area contributed by atoms with E-state index in [-0.39, 0.29) is 28.0 Å². The Bertz CT molecular complexity index is 896. The number of thioether (sulfide) groups is 1. The minimum Gasteiger partial charge on any atom is -0.352 e. The quantitative estimate of drug-likeness (QED) is 0.828. The summed E-state index contributed by atoms with van der Waals surface area (Å²) in [5.74, 6) is -0.0857. The molecule has 146 valence electrons. The maximum absolute atomic E-state index is 13.2. The average Bonchev–Trinajstić information content (AvgIpc) is 3.11. The van der Waals surface area contributed by atoms with Gasteiger partial charge in [0.2, 0.25) is 5.91 Å². The predicted octanol–water partition coefficient (Wildman–Crippen LogP) is 4.17. The van der Waals surface area contributed by atoms with Crippen molar-refractivity contribution in [3.8, 4) is 0 Å². The van der Waals surface area contributed by atoms with Crippen molar-refractivity contribution in [2.75, 3.05) is 0 Å². The number of hydrogen-bond donors (Lipinski definition) is 1. The molecule has 3 atom stereocenters. The third kappa shape index (κ3) is 3.32. The zero-order valence-corrected chi connectivity index (χ0v) is 17.3. The van der Waals surface area contributed by atoms with Crippen LogP contribution < -0.4 is 5.32 Å². The molecule has 0 aromatic heterocycles. The van der Waals surface area contributed by atoms with E-state index in [1.165, 1.54) is 5.56 Å². The number of nitrogens with zero attached hydrogens (tertiary/aromatic N) is 1. The van der Waals surface area contributed by atoms with E-state index in [2.05, 4.69) is 31.3 Å². The summed E-state index contributed by atoms with van der Waals surface area (Å²) in [6.07, 6.45) is 1.79. The van der Waals surface area contributed by atoms with Gasteiger partial charge >= 0.3 is 0 Å². The van der Waals surface area contributed by atoms with Gasteiger partial charge in [0, 0.05) is 16.4 Å². The van der Waals surface area contributed by atoms with Crippen molar-refractivity contribution in [2.24, 2.45) is 0 Å². The molecule has 2 heterocycles. The van der Waals surface area contributed by atoms with Crippen LogP contribution in [0.15, 0.2) is 54.6 Å². The second kappa shape index (κ2) is 7.28. The van der Waals surface area contributed by atoms with Crippen molar-refractivity contribution in [1.29, 1.82) is 0 Å². The van der Waals surface area contributed by atoms with E-state index in [4.69, 9.17) is 0 Å². The number of hydrogen-bond acceptors (Lipinski definition) is 3. The van der Waals surface area contributed by atoms with Crippen molar-refractivity contribution in [2.45, 2.75) is 55.8 Å². The lowest BCUT2D eigenvalue weighted by Gasteiger charge is -2.30. The van der Waals surface area contributed by atoms with Gasteiger partial charge in [0.25, 0.3) is 5.91 Å². The van der Waals surface area contributed by atoms with Gasteiger partial charge in [-0.3, -0.25) is 9.59 Å². The second-order valence-electron chi connectivity index (χ2n) is 8.21. The van der Waals surface area contributed by atoms with Crippen LogP contribution in [0.25, 0.3) is 0 Å². The number of fused-ring (bicyclic) bond motifs is 3. The second-order valence-corrected chi connectivity index (χ2v) is 9.94. The Morgan fingerprint density at radius 1 is 1.14 bits per heavy atom. The van der Waals surface area contributed by atoms with Crippen molar-refractivity contribution in [3.05, 3.63) is 71.3 Å². The van der Waals surface area contributed by atoms with Crippen LogP contribution in [0.2, 0.25) is 0 Å². The highest BCUT2D eigenvalue weighted by Crippen LogP contribution is 2.56. The van der Waals surface area contributed by atoms with Gasteiger partial charge < -0.3 is 10.2 Å². The molecule has 4 rings (SSSR count). The highest BCUT2D eigenvalue weighted by Gasteiger charge is 2.57. The number of aryl methyl sites for hydroxylation is 1. The lowest BCUT2D eigenvalue weighted by atomic mass is 9.99. The van der Waals surface area contributed by atoms with Crippen molar-refractivity contribution >= 4 is 23.6 Å². The molecule has 4 nitrogen and oxygen atoms in total. The van der Waals surface area contributed by atoms with Gasteiger partial charge in [-0.25, -0.2) is 0 Å². The molecule has 1 fully saturated rings. The third-order valence-electron chi connectivity index (χ3n) is 5.64. The summed E-state index contributed by atoms with van der Waals surface area (Å²) < 4.78 is -0.336. The zero-order valence-electron chi connectivity index (χ0n) is 16.5. The van der Waals surface area contributed by atoms with Gasteiger partial charge in [-0.1, -0.05) is 48.5 Å². The molecule has 0 spiro atoms. The van der Waals surface area contributed by atoms with E-state index in [1.807, 2.05) is 49.4 Å². The van der Waals surface area contributed by atoms with Crippen molar-refractivity contribution in [1.82, 2.24) is 10.2 Å². The van der Waals surface area contributed by atoms with Crippen LogP contribution in [0.4, 0.5) is 0 Å². The molecule has 0 radical (unpaired) electrons. The first kappa shape index (κ1) is 19.1. The molecule has 0 unspecified atom stereocenters. The van der Waals surface area contributed by atoms with Crippen LogP contribution in [0.5, 0.6) is 0 Å². The molecule has 0 bridgehead atoms. The smallest absolute Gasteiger partial charge is 0.256 e. The van der Waals surface area contributed by atoms with Crippen molar-refractivity contribution in [3.63, 3.8) is 0 Å². The van der Waals surface area contributed by atoms with Gasteiger partial charge in [0.15, 0.2) is 0 Å². The van der Waals surface area contributed by atoms with E-state index in [0.717, 1.165) is 24.0 Å². The summed E-state index contributed by atoms with van der Waals surface area (Å²) in [7, 11) is 0. The van der Waals surface area contributed by atoms with Crippen LogP contribution >= 0.6 is 11.8 Å². The summed E-state index contributed by atoms with van der Waals surface area (Å²) in [6, 6.07) is 17.6. The van der Waals surface area contributed by atoms with Crippen molar-refractivity contribution < 1.29 is 9.59 Å². The molecule has 2 aliphatic rings. The fourth-order valence-corrected chi connectivity index (χ4v) is 5.81. The maximum atomic E-state index is 13.2. The SMILES string of the molecule is C[C@H](CCc1ccccc1)NC(=O)[C@H]1N2C(=O)c3ccccc3[C@H]2SC1(C)C. The van der Waals surface area contributed by atoms with Gasteiger partial charge in [-0.05, 0) is 50.8 Å². The zero-order chi connectivity index (χ0) is 19.9. The molecule has 28 heavy (non-hydrogen) atoms. The molecular formula is C23H26N2O2S. The topological polar surface area (TPSA) is 49.4 Å². The number of nitrogens with one attached hydrogen (secondary N) is 1. The molecule has 0 aliphatic carbocycles. The lowest BCUT2D eigenvalue weighted by molar-refractivity contribution is -0.126. The van der Waals surface area contributed by atoms with Crippen LogP contribution in [-0.4, -0.2) is 33.5 Å². The maximum Gasteiger partial charge on any atom is 0.256 e. The highest BCUT2D eigenvalue weighted by atomic mass is 32.2. The average molecular weight is 395 g/mol. The highest BCUT2D eigenvalue weighted by molar-refractivity contribution is 8.01. The fourth-order valence-electron chi connectivity index (χ4n) is 4.23. The van der Waals surface area contributed by atoms with Crippen LogP contribution in [0.3, 0.4) is 0 Å². The number of rotatable bonds is 5. The molecule has 1 N–H and O–H groups in total. The third-order valence-corrected chi connectivity index (χ3v) is 7.18. The number of benzene rings is 2. The van der Waals surface area contributed by atoms with E-state index < -0.39 is 6.04 Å². The Labute approximate surface area is 170 Å². The summed E-state index contributed by atoms with van der Waals surface area (Å²) in [5.41, 5.74) is 3.02. The summed E-state index contributed by atoms with van der Waals surface area (Å²) in [5, 5.41) is 3.09. The minimum atomic E-state index is -0.471. The van der Waals surface area contributed by atoms with Gasteiger partial charge in [-0.15, -0.1) is 11.8 Å². The predicted molar refractivity (Wildman–Crippen MR) is 113 cm³/mol. The monoisotopic (exact) mass is 394 g/mol. The molecule has 0 saturated carbocycles. The van der Waals surface area contributed by atoms with Crippen LogP contribution in [0.1, 0.15) is 54.1 Å². The van der Waals surface area contributed by atoms with E-state index >= 15 is 0 Å². The fraction of sp³-hybridized carbons (Fsp3) is 0.391. The number of carbonyl (C=O) groups is 2. The summed E-state index contributed by atoms with van der Waals surface area (Å²) in [4.78, 5) is 28.0. The standard InChI is InChI=1S/C23H26N2O2S/c1-15(13-14-16-9-5-4-6-10-16)24-20(26)19-23(2,3)28-22-18-12-8-7-11-17(18)21(27)25(19)22/h4-12,15,19,22H,13-14H2,1-3H3,(H,24,26)/t15-,19-,22-/m1/s1. The molecule has 2 aliphatic heterocycles. The van der Waals surface area contributed by atoms with Gasteiger partial charge in [-0.2, -0.15) is 0 Å². The normalized spacial score (nSPS) is 23.2. The Morgan fingerprint density at radius 2 is 1.82 bits per heavy atom. The van der Waals surface area contributed by atoms with Crippen LogP contribution in [-0.2, 0) is 11.2 Å². The molecule has 2 amide bonds. The first-order valence-corrected chi connectivity index (χ1v) is 10.7. The number of carbonyl (C=O) groups excluding carboxylic acids is 2. The molecule has 2 aromatic rings. The van der Waals surface area contributed by atoms with Crippen LogP contribution in [0, 0.1) is 0 Å². The van der Waals surface area contributed by atoms with Gasteiger partial charge in [0.05, 0.1) is 0 Å². The first-order chi connectivity index (χ1) is 13.4. The Kier molecular flexibility index (Phi) is 4.96. The largest absolute Gasteiger partial charge is 0.352 e. The van der Waals surface area contributed by atoms with E-state index in [9.17, 15) is 9.59 Å². The molecular weight excluding hydrogens is 368 g/mol. The van der Waals surface area contributed by atoms with Gasteiger partial charge in [0.1, 0.15) is 11.4 Å². The Balaban J connectivity index is 1.47. The first-order valence-electron chi connectivity index (χ1n) is 9.82. The number of amides is 2. The lowest BCUT2D eigenvalue weighted by Crippen LogP contribution is -2.54. The molecule has 2 aromatic carbocycles. The van der Waals surface area contributed by atoms with E-state index in [1.54, 1.807) is 16.7 Å². The molecule has 5 heteroatoms.